The highest BCUT2D eigenvalue weighted by Gasteiger charge is 2.20. The average molecular weight is 218 g/mol. The Hall–Kier alpha value is -1.67. The minimum atomic E-state index is 0.133. The van der Waals surface area contributed by atoms with E-state index in [0.717, 1.165) is 25.7 Å². The first kappa shape index (κ1) is 10.8. The standard InChI is InChI=1S/C11H14N4O/c12-7-9-5-6-14-11(15-9)16-10-3-1-8(13)2-4-10/h5-6,8,10H,1-4,13H2. The fraction of sp³-hybridized carbons (Fsp3) is 0.545. The Morgan fingerprint density at radius 2 is 2.12 bits per heavy atom. The SMILES string of the molecule is N#Cc1ccnc(OC2CCC(N)CC2)n1. The number of hydrogen-bond donors (Lipinski definition) is 1. The maximum atomic E-state index is 8.69. The summed E-state index contributed by atoms with van der Waals surface area (Å²) >= 11 is 0. The molecule has 1 aromatic rings. The van der Waals surface area contributed by atoms with Gasteiger partial charge in [0, 0.05) is 12.2 Å². The van der Waals surface area contributed by atoms with E-state index in [2.05, 4.69) is 9.97 Å². The number of aromatic nitrogens is 2. The summed E-state index contributed by atoms with van der Waals surface area (Å²) in [5, 5.41) is 8.69. The predicted octanol–water partition coefficient (Wildman–Crippen LogP) is 0.997. The molecule has 1 saturated carbocycles. The highest BCUT2D eigenvalue weighted by molar-refractivity contribution is 5.19. The van der Waals surface area contributed by atoms with Gasteiger partial charge in [0.15, 0.2) is 0 Å². The lowest BCUT2D eigenvalue weighted by Crippen LogP contribution is -2.32. The molecular formula is C11H14N4O. The molecular weight excluding hydrogens is 204 g/mol. The molecule has 16 heavy (non-hydrogen) atoms. The zero-order valence-electron chi connectivity index (χ0n) is 8.97. The van der Waals surface area contributed by atoms with Gasteiger partial charge >= 0.3 is 6.01 Å². The number of nitrogens with zero attached hydrogens (tertiary/aromatic N) is 3. The molecule has 2 N–H and O–H groups in total. The first-order chi connectivity index (χ1) is 7.78. The van der Waals surface area contributed by atoms with Crippen molar-refractivity contribution in [2.45, 2.75) is 37.8 Å². The summed E-state index contributed by atoms with van der Waals surface area (Å²) in [6, 6.07) is 4.11. The van der Waals surface area contributed by atoms with Crippen molar-refractivity contribution in [2.75, 3.05) is 0 Å². The van der Waals surface area contributed by atoms with Gasteiger partial charge in [0.2, 0.25) is 0 Å². The summed E-state index contributed by atoms with van der Waals surface area (Å²) in [4.78, 5) is 7.96. The van der Waals surface area contributed by atoms with E-state index >= 15 is 0 Å². The van der Waals surface area contributed by atoms with Crippen LogP contribution >= 0.6 is 0 Å². The average Bonchev–Trinajstić information content (AvgIpc) is 2.32. The fourth-order valence-corrected chi connectivity index (χ4v) is 1.82. The monoisotopic (exact) mass is 218 g/mol. The Kier molecular flexibility index (Phi) is 3.32. The van der Waals surface area contributed by atoms with Crippen molar-refractivity contribution in [3.05, 3.63) is 18.0 Å². The van der Waals surface area contributed by atoms with Gasteiger partial charge in [-0.15, -0.1) is 0 Å². The molecule has 0 radical (unpaired) electrons. The van der Waals surface area contributed by atoms with Crippen LogP contribution in [0, 0.1) is 11.3 Å². The van der Waals surface area contributed by atoms with Crippen LogP contribution in [0.15, 0.2) is 12.3 Å². The highest BCUT2D eigenvalue weighted by atomic mass is 16.5. The third kappa shape index (κ3) is 2.67. The van der Waals surface area contributed by atoms with Crippen LogP contribution in [0.4, 0.5) is 0 Å². The summed E-state index contributed by atoms with van der Waals surface area (Å²) in [5.74, 6) is 0. The van der Waals surface area contributed by atoms with Gasteiger partial charge < -0.3 is 10.5 Å². The van der Waals surface area contributed by atoms with Crippen molar-refractivity contribution in [3.8, 4) is 12.1 Å². The van der Waals surface area contributed by atoms with E-state index in [9.17, 15) is 0 Å². The van der Waals surface area contributed by atoms with Gasteiger partial charge in [-0.3, -0.25) is 0 Å². The van der Waals surface area contributed by atoms with Gasteiger partial charge in [-0.1, -0.05) is 0 Å². The summed E-state index contributed by atoms with van der Waals surface area (Å²) in [7, 11) is 0. The van der Waals surface area contributed by atoms with Gasteiger partial charge in [0.25, 0.3) is 0 Å². The maximum Gasteiger partial charge on any atom is 0.317 e. The van der Waals surface area contributed by atoms with Crippen LogP contribution in [0.25, 0.3) is 0 Å². The third-order valence-corrected chi connectivity index (χ3v) is 2.74. The molecule has 1 aliphatic carbocycles. The van der Waals surface area contributed by atoms with Crippen LogP contribution in [0.1, 0.15) is 31.4 Å². The normalized spacial score (nSPS) is 24.8. The minimum absolute atomic E-state index is 0.133. The smallest absolute Gasteiger partial charge is 0.317 e. The molecule has 1 fully saturated rings. The minimum Gasteiger partial charge on any atom is -0.460 e. The second-order valence-corrected chi connectivity index (χ2v) is 3.99. The van der Waals surface area contributed by atoms with Crippen molar-refractivity contribution in [2.24, 2.45) is 5.73 Å². The topological polar surface area (TPSA) is 84.8 Å². The molecule has 1 heterocycles. The third-order valence-electron chi connectivity index (χ3n) is 2.74. The first-order valence-electron chi connectivity index (χ1n) is 5.43. The highest BCUT2D eigenvalue weighted by Crippen LogP contribution is 2.20. The van der Waals surface area contributed by atoms with Crippen molar-refractivity contribution in [3.63, 3.8) is 0 Å². The molecule has 0 aliphatic heterocycles. The number of nitriles is 1. The molecule has 5 nitrogen and oxygen atoms in total. The van der Waals surface area contributed by atoms with Crippen LogP contribution in [-0.2, 0) is 0 Å². The predicted molar refractivity (Wildman–Crippen MR) is 57.6 cm³/mol. The molecule has 0 aromatic carbocycles. The number of hydrogen-bond acceptors (Lipinski definition) is 5. The molecule has 0 spiro atoms. The van der Waals surface area contributed by atoms with Crippen molar-refractivity contribution < 1.29 is 4.74 Å². The largest absolute Gasteiger partial charge is 0.460 e. The lowest BCUT2D eigenvalue weighted by Gasteiger charge is -2.25. The Morgan fingerprint density at radius 1 is 1.38 bits per heavy atom. The van der Waals surface area contributed by atoms with Gasteiger partial charge in [-0.2, -0.15) is 10.2 Å². The second-order valence-electron chi connectivity index (χ2n) is 3.99. The van der Waals surface area contributed by atoms with Gasteiger partial charge in [0.1, 0.15) is 17.9 Å². The number of nitrogens with two attached hydrogens (primary N) is 1. The van der Waals surface area contributed by atoms with Crippen LogP contribution in [-0.4, -0.2) is 22.1 Å². The molecule has 1 aliphatic rings. The molecule has 5 heteroatoms. The van der Waals surface area contributed by atoms with E-state index in [4.69, 9.17) is 15.7 Å². The number of ether oxygens (including phenoxy) is 1. The summed E-state index contributed by atoms with van der Waals surface area (Å²) in [5.41, 5.74) is 6.14. The van der Waals surface area contributed by atoms with Crippen LogP contribution < -0.4 is 10.5 Å². The van der Waals surface area contributed by atoms with E-state index in [1.807, 2.05) is 6.07 Å². The molecule has 0 amide bonds. The van der Waals surface area contributed by atoms with E-state index in [1.54, 1.807) is 6.07 Å². The summed E-state index contributed by atoms with van der Waals surface area (Å²) < 4.78 is 5.62. The molecule has 0 bridgehead atoms. The van der Waals surface area contributed by atoms with E-state index in [-0.39, 0.29) is 6.10 Å². The van der Waals surface area contributed by atoms with Gasteiger partial charge in [0.05, 0.1) is 0 Å². The Balaban J connectivity index is 1.96. The van der Waals surface area contributed by atoms with Crippen LogP contribution in [0.3, 0.4) is 0 Å². The zero-order chi connectivity index (χ0) is 11.4. The maximum absolute atomic E-state index is 8.69. The quantitative estimate of drug-likeness (QED) is 0.800. The van der Waals surface area contributed by atoms with Crippen LogP contribution in [0.2, 0.25) is 0 Å². The van der Waals surface area contributed by atoms with Crippen LogP contribution in [0.5, 0.6) is 6.01 Å². The summed E-state index contributed by atoms with van der Waals surface area (Å²) in [6.45, 7) is 0. The lowest BCUT2D eigenvalue weighted by atomic mass is 9.94. The number of rotatable bonds is 2. The molecule has 0 atom stereocenters. The Bertz CT molecular complexity index is 393. The van der Waals surface area contributed by atoms with Crippen molar-refractivity contribution in [1.29, 1.82) is 5.26 Å². The molecule has 0 saturated heterocycles. The Labute approximate surface area is 94.3 Å². The summed E-state index contributed by atoms with van der Waals surface area (Å²) in [6.07, 6.45) is 5.48. The Morgan fingerprint density at radius 3 is 2.81 bits per heavy atom. The zero-order valence-corrected chi connectivity index (χ0v) is 8.97. The first-order valence-corrected chi connectivity index (χ1v) is 5.43. The van der Waals surface area contributed by atoms with Crippen molar-refractivity contribution in [1.82, 2.24) is 9.97 Å². The van der Waals surface area contributed by atoms with E-state index in [0.29, 0.717) is 17.7 Å². The molecule has 1 aromatic heterocycles. The van der Waals surface area contributed by atoms with Crippen molar-refractivity contribution >= 4 is 0 Å². The fourth-order valence-electron chi connectivity index (χ4n) is 1.82. The van der Waals surface area contributed by atoms with E-state index < -0.39 is 0 Å². The molecule has 2 rings (SSSR count). The second kappa shape index (κ2) is 4.90. The molecule has 84 valence electrons. The molecule has 0 unspecified atom stereocenters. The lowest BCUT2D eigenvalue weighted by molar-refractivity contribution is 0.134. The van der Waals surface area contributed by atoms with E-state index in [1.165, 1.54) is 6.20 Å². The van der Waals surface area contributed by atoms with Gasteiger partial charge in [-0.25, -0.2) is 4.98 Å². The van der Waals surface area contributed by atoms with Gasteiger partial charge in [-0.05, 0) is 31.7 Å².